The summed E-state index contributed by atoms with van der Waals surface area (Å²) in [7, 11) is -4.57. The number of nitro benzene ring substituents is 1. The number of nitro groups is 1. The molecule has 0 unspecified atom stereocenters. The number of rotatable bonds is 8. The van der Waals surface area contributed by atoms with Crippen LogP contribution in [0.15, 0.2) is 45.9 Å². The molecule has 2 atom stereocenters. The van der Waals surface area contributed by atoms with Crippen molar-refractivity contribution in [2.24, 2.45) is 0 Å². The molecular formula is C17H13BrF4N4O5S. The summed E-state index contributed by atoms with van der Waals surface area (Å²) in [5.41, 5.74) is -3.23. The van der Waals surface area contributed by atoms with Gasteiger partial charge in [-0.3, -0.25) is 10.1 Å². The van der Waals surface area contributed by atoms with Crippen molar-refractivity contribution in [3.63, 3.8) is 0 Å². The summed E-state index contributed by atoms with van der Waals surface area (Å²) in [6.45, 7) is -0.115. The summed E-state index contributed by atoms with van der Waals surface area (Å²) in [6, 6.07) is 6.55. The van der Waals surface area contributed by atoms with E-state index in [1.54, 1.807) is 0 Å². The third-order valence-electron chi connectivity index (χ3n) is 4.01. The molecule has 0 bridgehead atoms. The first-order valence-corrected chi connectivity index (χ1v) is 10.7. The summed E-state index contributed by atoms with van der Waals surface area (Å²) in [5, 5.41) is 19.5. The van der Waals surface area contributed by atoms with Crippen LogP contribution in [0.25, 0.3) is 0 Å². The van der Waals surface area contributed by atoms with E-state index < -0.39 is 61.5 Å². The van der Waals surface area contributed by atoms with E-state index in [0.717, 1.165) is 43.3 Å². The van der Waals surface area contributed by atoms with Crippen LogP contribution in [0.1, 0.15) is 12.6 Å². The van der Waals surface area contributed by atoms with Gasteiger partial charge in [0.1, 0.15) is 22.2 Å². The normalized spacial score (nSPS) is 14.9. The van der Waals surface area contributed by atoms with Crippen LogP contribution < -0.4 is 4.72 Å². The van der Waals surface area contributed by atoms with Gasteiger partial charge in [0, 0.05) is 12.1 Å². The molecule has 0 saturated carbocycles. The van der Waals surface area contributed by atoms with Crippen molar-refractivity contribution in [3.05, 3.63) is 62.6 Å². The lowest BCUT2D eigenvalue weighted by molar-refractivity contribution is -0.384. The molecule has 32 heavy (non-hydrogen) atoms. The first kappa shape index (κ1) is 25.6. The fourth-order valence-electron chi connectivity index (χ4n) is 2.51. The molecule has 1 aromatic carbocycles. The molecule has 0 aliphatic carbocycles. The highest BCUT2D eigenvalue weighted by molar-refractivity contribution is 9.10. The highest BCUT2D eigenvalue weighted by atomic mass is 79.9. The minimum atomic E-state index is -5.09. The SMILES string of the molecule is C[C@@](CO[C@H](C#N)C(F)(F)F)(NS(=O)(=O)c1ccc([N+](=O)[O-])cc1)c1nc(Br)ccc1F. The summed E-state index contributed by atoms with van der Waals surface area (Å²) in [5.74, 6) is -1.06. The van der Waals surface area contributed by atoms with E-state index >= 15 is 0 Å². The Balaban J connectivity index is 2.49. The van der Waals surface area contributed by atoms with Crippen molar-refractivity contribution in [2.75, 3.05) is 6.61 Å². The summed E-state index contributed by atoms with van der Waals surface area (Å²) in [6.07, 6.45) is -8.00. The van der Waals surface area contributed by atoms with Gasteiger partial charge < -0.3 is 4.74 Å². The second-order valence-electron chi connectivity index (χ2n) is 6.51. The van der Waals surface area contributed by atoms with E-state index in [1.165, 1.54) is 6.07 Å². The topological polar surface area (TPSA) is 135 Å². The van der Waals surface area contributed by atoms with E-state index in [0.29, 0.717) is 0 Å². The van der Waals surface area contributed by atoms with Gasteiger partial charge in [-0.1, -0.05) is 0 Å². The summed E-state index contributed by atoms with van der Waals surface area (Å²) >= 11 is 2.97. The molecule has 15 heteroatoms. The molecule has 0 amide bonds. The smallest absolute Gasteiger partial charge is 0.353 e. The van der Waals surface area contributed by atoms with E-state index in [-0.39, 0.29) is 4.60 Å². The predicted molar refractivity (Wildman–Crippen MR) is 104 cm³/mol. The van der Waals surface area contributed by atoms with Gasteiger partial charge >= 0.3 is 6.18 Å². The molecule has 0 fully saturated rings. The minimum Gasteiger partial charge on any atom is -0.353 e. The maximum Gasteiger partial charge on any atom is 0.428 e. The third-order valence-corrected chi connectivity index (χ3v) is 6.06. The van der Waals surface area contributed by atoms with E-state index in [2.05, 4.69) is 25.7 Å². The minimum absolute atomic E-state index is 0.0438. The Morgan fingerprint density at radius 3 is 2.38 bits per heavy atom. The van der Waals surface area contributed by atoms with Crippen LogP contribution in [-0.4, -0.2) is 37.2 Å². The molecule has 2 rings (SSSR count). The fourth-order valence-corrected chi connectivity index (χ4v) is 4.18. The lowest BCUT2D eigenvalue weighted by Crippen LogP contribution is -2.49. The number of non-ortho nitro benzene ring substituents is 1. The lowest BCUT2D eigenvalue weighted by atomic mass is 9.99. The average Bonchev–Trinajstić information content (AvgIpc) is 2.69. The van der Waals surface area contributed by atoms with Crippen molar-refractivity contribution in [1.82, 2.24) is 9.71 Å². The van der Waals surface area contributed by atoms with Crippen molar-refractivity contribution < 1.29 is 35.6 Å². The molecule has 9 nitrogen and oxygen atoms in total. The zero-order chi connectivity index (χ0) is 24.3. The third kappa shape index (κ3) is 5.97. The molecule has 172 valence electrons. The van der Waals surface area contributed by atoms with Crippen LogP contribution in [0.2, 0.25) is 0 Å². The number of nitrogens with zero attached hydrogens (tertiary/aromatic N) is 3. The van der Waals surface area contributed by atoms with Crippen molar-refractivity contribution in [3.8, 4) is 6.07 Å². The van der Waals surface area contributed by atoms with Crippen LogP contribution in [0.4, 0.5) is 23.2 Å². The number of benzene rings is 1. The van der Waals surface area contributed by atoms with Gasteiger partial charge in [0.15, 0.2) is 0 Å². The second-order valence-corrected chi connectivity index (χ2v) is 9.01. The molecule has 1 N–H and O–H groups in total. The van der Waals surface area contributed by atoms with Gasteiger partial charge in [-0.05, 0) is 47.1 Å². The number of halogens is 5. The Morgan fingerprint density at radius 2 is 1.88 bits per heavy atom. The fraction of sp³-hybridized carbons (Fsp3) is 0.294. The van der Waals surface area contributed by atoms with Crippen molar-refractivity contribution in [1.29, 1.82) is 5.26 Å². The maximum absolute atomic E-state index is 14.5. The monoisotopic (exact) mass is 540 g/mol. The van der Waals surface area contributed by atoms with Gasteiger partial charge in [0.25, 0.3) is 5.69 Å². The Morgan fingerprint density at radius 1 is 1.28 bits per heavy atom. The van der Waals surface area contributed by atoms with E-state index in [1.807, 2.05) is 4.72 Å². The largest absolute Gasteiger partial charge is 0.428 e. The number of aromatic nitrogens is 1. The van der Waals surface area contributed by atoms with Crippen LogP contribution in [0, 0.1) is 27.3 Å². The number of sulfonamides is 1. The van der Waals surface area contributed by atoms with Gasteiger partial charge in [-0.2, -0.15) is 23.2 Å². The molecule has 0 radical (unpaired) electrons. The number of hydrogen-bond donors (Lipinski definition) is 1. The molecule has 0 aliphatic heterocycles. The molecular weight excluding hydrogens is 528 g/mol. The second kappa shape index (κ2) is 9.45. The van der Waals surface area contributed by atoms with Gasteiger partial charge in [-0.25, -0.2) is 17.8 Å². The average molecular weight is 541 g/mol. The zero-order valence-electron chi connectivity index (χ0n) is 15.9. The highest BCUT2D eigenvalue weighted by Crippen LogP contribution is 2.30. The number of alkyl halides is 3. The highest BCUT2D eigenvalue weighted by Gasteiger charge is 2.44. The number of pyridine rings is 1. The first-order valence-electron chi connectivity index (χ1n) is 8.38. The Hall–Kier alpha value is -2.67. The quantitative estimate of drug-likeness (QED) is 0.234. The molecule has 1 aromatic heterocycles. The van der Waals surface area contributed by atoms with E-state index in [9.17, 15) is 36.1 Å². The summed E-state index contributed by atoms with van der Waals surface area (Å²) < 4.78 is 85.5. The zero-order valence-corrected chi connectivity index (χ0v) is 18.3. The van der Waals surface area contributed by atoms with Gasteiger partial charge in [0.05, 0.1) is 22.0 Å². The molecule has 0 saturated heterocycles. The number of ether oxygens (including phenoxy) is 1. The van der Waals surface area contributed by atoms with E-state index in [4.69, 9.17) is 5.26 Å². The number of hydrogen-bond acceptors (Lipinski definition) is 7. The number of nitriles is 1. The van der Waals surface area contributed by atoms with Crippen molar-refractivity contribution in [2.45, 2.75) is 29.6 Å². The number of nitrogens with one attached hydrogen (secondary N) is 1. The maximum atomic E-state index is 14.5. The van der Waals surface area contributed by atoms with Crippen LogP contribution in [0.3, 0.4) is 0 Å². The van der Waals surface area contributed by atoms with Crippen molar-refractivity contribution >= 4 is 31.6 Å². The van der Waals surface area contributed by atoms with Crippen LogP contribution in [-0.2, 0) is 20.3 Å². The predicted octanol–water partition coefficient (Wildman–Crippen LogP) is 3.56. The standard InChI is InChI=1S/C17H13BrF4N4O5S/c1-16(9-31-13(8-23)17(20,21)22,15-12(19)6-7-14(18)24-15)25-32(29,30)11-4-2-10(3-5-11)26(27)28/h2-7,13,25H,9H2,1H3/t13-,16+/m1/s1. The molecule has 0 spiro atoms. The summed E-state index contributed by atoms with van der Waals surface area (Å²) in [4.78, 5) is 13.3. The van der Waals surface area contributed by atoms with Gasteiger partial charge in [0.2, 0.25) is 16.1 Å². The van der Waals surface area contributed by atoms with Crippen LogP contribution in [0.5, 0.6) is 0 Å². The van der Waals surface area contributed by atoms with Crippen LogP contribution >= 0.6 is 15.9 Å². The van der Waals surface area contributed by atoms with Gasteiger partial charge in [-0.15, -0.1) is 0 Å². The molecule has 1 heterocycles. The first-order chi connectivity index (χ1) is 14.7. The Labute approximate surface area is 187 Å². The Kier molecular flexibility index (Phi) is 7.55. The lowest BCUT2D eigenvalue weighted by Gasteiger charge is -2.31. The Bertz CT molecular complexity index is 1160. The molecule has 0 aliphatic rings. The molecule has 2 aromatic rings.